The van der Waals surface area contributed by atoms with Crippen LogP contribution in [0.15, 0.2) is 12.1 Å². The maximum absolute atomic E-state index is 13.7. The largest absolute Gasteiger partial charge is 0.483 e. The van der Waals surface area contributed by atoms with Crippen molar-refractivity contribution in [3.05, 3.63) is 29.3 Å². The Kier molecular flexibility index (Phi) is 2.90. The van der Waals surface area contributed by atoms with Gasteiger partial charge in [0.15, 0.2) is 5.82 Å². The Morgan fingerprint density at radius 1 is 1.37 bits per heavy atom. The van der Waals surface area contributed by atoms with Crippen LogP contribution in [0.3, 0.4) is 0 Å². The molecule has 1 aliphatic rings. The number of tetrazole rings is 1. The molecule has 0 amide bonds. The summed E-state index contributed by atoms with van der Waals surface area (Å²) in [4.78, 5) is 0. The van der Waals surface area contributed by atoms with Gasteiger partial charge in [0.1, 0.15) is 23.4 Å². The number of benzene rings is 1. The Labute approximate surface area is 109 Å². The summed E-state index contributed by atoms with van der Waals surface area (Å²) in [6.07, 6.45) is -0.0438. The van der Waals surface area contributed by atoms with Gasteiger partial charge < -0.3 is 9.47 Å². The summed E-state index contributed by atoms with van der Waals surface area (Å²) >= 11 is 0. The predicted octanol–water partition coefficient (Wildman–Crippen LogP) is 1.20. The molecule has 0 atom stereocenters. The van der Waals surface area contributed by atoms with E-state index in [2.05, 4.69) is 15.5 Å². The first-order chi connectivity index (χ1) is 9.15. The molecule has 1 saturated heterocycles. The van der Waals surface area contributed by atoms with Crippen LogP contribution in [0.4, 0.5) is 4.39 Å². The van der Waals surface area contributed by atoms with Gasteiger partial charge in [0, 0.05) is 6.07 Å². The minimum atomic E-state index is -0.315. The van der Waals surface area contributed by atoms with E-state index in [9.17, 15) is 4.39 Å². The number of aromatic nitrogens is 4. The summed E-state index contributed by atoms with van der Waals surface area (Å²) in [7, 11) is 0. The summed E-state index contributed by atoms with van der Waals surface area (Å²) in [5, 5.41) is 11.3. The highest BCUT2D eigenvalue weighted by Gasteiger charge is 2.23. The molecule has 0 spiro atoms. The zero-order valence-corrected chi connectivity index (χ0v) is 10.6. The number of halogens is 1. The molecule has 1 aliphatic heterocycles. The summed E-state index contributed by atoms with van der Waals surface area (Å²) in [5.41, 5.74) is 1.15. The van der Waals surface area contributed by atoms with E-state index in [1.54, 1.807) is 19.9 Å². The van der Waals surface area contributed by atoms with Crippen LogP contribution in [0.5, 0.6) is 5.75 Å². The molecule has 0 aliphatic carbocycles. The molecule has 0 radical (unpaired) electrons. The van der Waals surface area contributed by atoms with Crippen LogP contribution in [0.25, 0.3) is 5.69 Å². The van der Waals surface area contributed by atoms with Gasteiger partial charge in [-0.2, -0.15) is 4.68 Å². The Morgan fingerprint density at radius 2 is 2.16 bits per heavy atom. The fraction of sp³-hybridized carbons (Fsp3) is 0.417. The van der Waals surface area contributed by atoms with Crippen molar-refractivity contribution in [1.82, 2.24) is 20.2 Å². The van der Waals surface area contributed by atoms with Crippen molar-refractivity contribution >= 4 is 0 Å². The van der Waals surface area contributed by atoms with Crippen LogP contribution in [0.2, 0.25) is 0 Å². The van der Waals surface area contributed by atoms with Crippen molar-refractivity contribution in [3.63, 3.8) is 0 Å². The van der Waals surface area contributed by atoms with Gasteiger partial charge >= 0.3 is 0 Å². The highest BCUT2D eigenvalue weighted by molar-refractivity contribution is 5.49. The number of nitrogens with zero attached hydrogens (tertiary/aromatic N) is 4. The van der Waals surface area contributed by atoms with Gasteiger partial charge in [0.25, 0.3) is 0 Å². The molecule has 1 aromatic carbocycles. The second-order valence-electron chi connectivity index (χ2n) is 4.48. The minimum Gasteiger partial charge on any atom is -0.483 e. The Bertz CT molecular complexity index is 610. The quantitative estimate of drug-likeness (QED) is 0.833. The summed E-state index contributed by atoms with van der Waals surface area (Å²) in [6.45, 7) is 4.50. The number of hydrogen-bond acceptors (Lipinski definition) is 5. The van der Waals surface area contributed by atoms with E-state index in [0.717, 1.165) is 0 Å². The Balaban J connectivity index is 2.05. The van der Waals surface area contributed by atoms with Crippen molar-refractivity contribution in [2.24, 2.45) is 0 Å². The van der Waals surface area contributed by atoms with Gasteiger partial charge in [0.2, 0.25) is 0 Å². The average Bonchev–Trinajstić information content (AvgIpc) is 2.74. The highest BCUT2D eigenvalue weighted by atomic mass is 19.1. The zero-order valence-electron chi connectivity index (χ0n) is 10.6. The van der Waals surface area contributed by atoms with Crippen LogP contribution in [-0.2, 0) is 4.74 Å². The summed E-state index contributed by atoms with van der Waals surface area (Å²) in [5.74, 6) is 0.720. The van der Waals surface area contributed by atoms with E-state index >= 15 is 0 Å². The molecule has 0 unspecified atom stereocenters. The number of hydrogen-bond donors (Lipinski definition) is 0. The molecular weight excluding hydrogens is 251 g/mol. The Morgan fingerprint density at radius 3 is 2.74 bits per heavy atom. The molecule has 7 heteroatoms. The van der Waals surface area contributed by atoms with Crippen molar-refractivity contribution in [2.75, 3.05) is 13.2 Å². The van der Waals surface area contributed by atoms with Gasteiger partial charge in [-0.05, 0) is 35.9 Å². The molecular formula is C12H13FN4O2. The second-order valence-corrected chi connectivity index (χ2v) is 4.48. The molecule has 0 bridgehead atoms. The molecule has 6 nitrogen and oxygen atoms in total. The van der Waals surface area contributed by atoms with Crippen LogP contribution in [0, 0.1) is 19.7 Å². The molecule has 2 aromatic rings. The van der Waals surface area contributed by atoms with Crippen LogP contribution >= 0.6 is 0 Å². The van der Waals surface area contributed by atoms with E-state index in [1.807, 2.05) is 0 Å². The maximum atomic E-state index is 13.7. The van der Waals surface area contributed by atoms with E-state index < -0.39 is 0 Å². The van der Waals surface area contributed by atoms with Gasteiger partial charge in [-0.1, -0.05) is 0 Å². The van der Waals surface area contributed by atoms with Gasteiger partial charge in [-0.15, -0.1) is 5.10 Å². The number of rotatable bonds is 3. The van der Waals surface area contributed by atoms with Crippen molar-refractivity contribution < 1.29 is 13.9 Å². The maximum Gasteiger partial charge on any atom is 0.153 e. The third kappa shape index (κ3) is 2.17. The normalized spacial score (nSPS) is 15.3. The van der Waals surface area contributed by atoms with Crippen LogP contribution < -0.4 is 4.74 Å². The fourth-order valence-electron chi connectivity index (χ4n) is 1.82. The zero-order chi connectivity index (χ0) is 13.4. The average molecular weight is 264 g/mol. The van der Waals surface area contributed by atoms with Gasteiger partial charge in [-0.3, -0.25) is 0 Å². The van der Waals surface area contributed by atoms with Crippen LogP contribution in [-0.4, -0.2) is 39.5 Å². The van der Waals surface area contributed by atoms with Crippen molar-refractivity contribution in [3.8, 4) is 11.4 Å². The topological polar surface area (TPSA) is 62.1 Å². The molecule has 0 saturated carbocycles. The smallest absolute Gasteiger partial charge is 0.153 e. The van der Waals surface area contributed by atoms with Gasteiger partial charge in [0.05, 0.1) is 13.2 Å². The molecule has 1 aromatic heterocycles. The lowest BCUT2D eigenvalue weighted by atomic mass is 10.2. The van der Waals surface area contributed by atoms with Crippen LogP contribution in [0.1, 0.15) is 11.4 Å². The van der Waals surface area contributed by atoms with E-state index in [1.165, 1.54) is 10.7 Å². The van der Waals surface area contributed by atoms with Crippen molar-refractivity contribution in [1.29, 1.82) is 0 Å². The van der Waals surface area contributed by atoms with E-state index in [-0.39, 0.29) is 11.9 Å². The first-order valence-corrected chi connectivity index (χ1v) is 5.95. The highest BCUT2D eigenvalue weighted by Crippen LogP contribution is 2.28. The minimum absolute atomic E-state index is 0.0438. The van der Waals surface area contributed by atoms with E-state index in [0.29, 0.717) is 36.0 Å². The standard InChI is InChI=1S/C12H13FN4O2/c1-7-3-11(17-8(2)14-15-16-17)12(4-10(7)13)19-9-5-18-6-9/h3-4,9H,5-6H2,1-2H3. The molecule has 3 rings (SSSR count). The Hall–Kier alpha value is -2.02. The third-order valence-electron chi connectivity index (χ3n) is 2.99. The number of ether oxygens (including phenoxy) is 2. The second kappa shape index (κ2) is 4.58. The lowest BCUT2D eigenvalue weighted by Gasteiger charge is -2.27. The SMILES string of the molecule is Cc1cc(-n2nnnc2C)c(OC2COC2)cc1F. The van der Waals surface area contributed by atoms with Gasteiger partial charge in [-0.25, -0.2) is 4.39 Å². The summed E-state index contributed by atoms with van der Waals surface area (Å²) in [6, 6.07) is 3.04. The lowest BCUT2D eigenvalue weighted by molar-refractivity contribution is -0.0797. The fourth-order valence-corrected chi connectivity index (χ4v) is 1.82. The molecule has 19 heavy (non-hydrogen) atoms. The summed E-state index contributed by atoms with van der Waals surface area (Å²) < 4.78 is 26.0. The molecule has 0 N–H and O–H groups in total. The first-order valence-electron chi connectivity index (χ1n) is 5.95. The number of aryl methyl sites for hydroxylation is 2. The third-order valence-corrected chi connectivity index (χ3v) is 2.99. The molecule has 100 valence electrons. The first kappa shape index (κ1) is 12.0. The van der Waals surface area contributed by atoms with Crippen molar-refractivity contribution in [2.45, 2.75) is 20.0 Å². The molecule has 1 fully saturated rings. The molecule has 2 heterocycles. The monoisotopic (exact) mass is 264 g/mol. The predicted molar refractivity (Wildman–Crippen MR) is 63.8 cm³/mol. The van der Waals surface area contributed by atoms with E-state index in [4.69, 9.17) is 9.47 Å². The lowest BCUT2D eigenvalue weighted by Crippen LogP contribution is -2.38.